The second-order valence-corrected chi connectivity index (χ2v) is 11.7. The third-order valence-electron chi connectivity index (χ3n) is 8.47. The molecular formula is C30H36F4N8O3. The minimum absolute atomic E-state index is 0.0201. The predicted molar refractivity (Wildman–Crippen MR) is 157 cm³/mol. The molecule has 1 aromatic carbocycles. The number of nitrogens with zero attached hydrogens (tertiary/aromatic N) is 6. The average molecular weight is 633 g/mol. The molecule has 1 amide bonds. The Labute approximate surface area is 256 Å². The van der Waals surface area contributed by atoms with E-state index in [4.69, 9.17) is 9.26 Å². The summed E-state index contributed by atoms with van der Waals surface area (Å²) in [6.45, 7) is 2.10. The highest BCUT2D eigenvalue weighted by molar-refractivity contribution is 5.96. The topological polar surface area (TPSA) is 115 Å². The number of halogens is 4. The van der Waals surface area contributed by atoms with Crippen LogP contribution in [0.2, 0.25) is 0 Å². The minimum atomic E-state index is -4.53. The van der Waals surface area contributed by atoms with E-state index in [-0.39, 0.29) is 42.6 Å². The number of rotatable bonds is 10. The van der Waals surface area contributed by atoms with E-state index in [0.717, 1.165) is 23.8 Å². The van der Waals surface area contributed by atoms with Crippen LogP contribution in [-0.4, -0.2) is 86.5 Å². The van der Waals surface area contributed by atoms with Gasteiger partial charge in [-0.3, -0.25) is 9.48 Å². The van der Waals surface area contributed by atoms with Gasteiger partial charge in [-0.2, -0.15) is 23.3 Å². The molecule has 3 aromatic heterocycles. The van der Waals surface area contributed by atoms with Gasteiger partial charge in [-0.1, -0.05) is 11.2 Å². The molecule has 6 rings (SSSR count). The fraction of sp³-hybridized carbons (Fsp3) is 0.533. The lowest BCUT2D eigenvalue weighted by Crippen LogP contribution is -2.46. The molecule has 2 fully saturated rings. The summed E-state index contributed by atoms with van der Waals surface area (Å²) in [5, 5.41) is 14.7. The van der Waals surface area contributed by atoms with Crippen LogP contribution in [0.1, 0.15) is 54.9 Å². The highest BCUT2D eigenvalue weighted by atomic mass is 19.4. The SMILES string of the molecule is CCO[C@@H]1CCC[C@H]1n1cc(C(=O)NCc2nc(-c3cc4c(N[C@@H]5CCN(C)C[C@@H]5F)cccc4n3CC(F)(F)F)no2)cn1. The van der Waals surface area contributed by atoms with Gasteiger partial charge in [0.05, 0.1) is 47.7 Å². The van der Waals surface area contributed by atoms with Gasteiger partial charge in [-0.05, 0) is 57.9 Å². The van der Waals surface area contributed by atoms with Crippen LogP contribution in [0.4, 0.5) is 23.2 Å². The number of carbonyl (C=O) groups excluding carboxylic acids is 1. The summed E-state index contributed by atoms with van der Waals surface area (Å²) in [6, 6.07) is 6.06. The van der Waals surface area contributed by atoms with Crippen molar-refractivity contribution in [1.82, 2.24) is 34.7 Å². The van der Waals surface area contributed by atoms with E-state index >= 15 is 0 Å². The van der Waals surface area contributed by atoms with Crippen LogP contribution in [0.25, 0.3) is 22.4 Å². The summed E-state index contributed by atoms with van der Waals surface area (Å²) in [7, 11) is 1.85. The summed E-state index contributed by atoms with van der Waals surface area (Å²) >= 11 is 0. The quantitative estimate of drug-likeness (QED) is 0.236. The van der Waals surface area contributed by atoms with Gasteiger partial charge in [0.1, 0.15) is 12.7 Å². The molecule has 1 aliphatic heterocycles. The molecule has 242 valence electrons. The Morgan fingerprint density at radius 1 is 1.22 bits per heavy atom. The van der Waals surface area contributed by atoms with Crippen LogP contribution >= 0.6 is 0 Å². The van der Waals surface area contributed by atoms with Gasteiger partial charge in [0.2, 0.25) is 11.7 Å². The van der Waals surface area contributed by atoms with Gasteiger partial charge >= 0.3 is 6.18 Å². The highest BCUT2D eigenvalue weighted by Crippen LogP contribution is 2.35. The number of benzene rings is 1. The Bertz CT molecular complexity index is 1630. The predicted octanol–water partition coefficient (Wildman–Crippen LogP) is 4.96. The number of carbonyl (C=O) groups is 1. The Kier molecular flexibility index (Phi) is 8.82. The number of hydrogen-bond acceptors (Lipinski definition) is 8. The van der Waals surface area contributed by atoms with Gasteiger partial charge in [0.25, 0.3) is 5.91 Å². The number of nitrogens with one attached hydrogen (secondary N) is 2. The lowest BCUT2D eigenvalue weighted by Gasteiger charge is -2.33. The van der Waals surface area contributed by atoms with E-state index in [1.807, 2.05) is 18.9 Å². The maximum Gasteiger partial charge on any atom is 0.406 e. The molecule has 0 bridgehead atoms. The van der Waals surface area contributed by atoms with Gasteiger partial charge in [-0.25, -0.2) is 4.39 Å². The molecule has 11 nitrogen and oxygen atoms in total. The Morgan fingerprint density at radius 2 is 2.07 bits per heavy atom. The number of hydrogen-bond donors (Lipinski definition) is 2. The molecule has 0 radical (unpaired) electrons. The van der Waals surface area contributed by atoms with Crippen molar-refractivity contribution in [2.75, 3.05) is 32.1 Å². The molecule has 0 spiro atoms. The van der Waals surface area contributed by atoms with Crippen LogP contribution in [0, 0.1) is 0 Å². The molecule has 4 aromatic rings. The third-order valence-corrected chi connectivity index (χ3v) is 8.47. The van der Waals surface area contributed by atoms with Crippen LogP contribution < -0.4 is 10.6 Å². The summed E-state index contributed by atoms with van der Waals surface area (Å²) < 4.78 is 69.9. The lowest BCUT2D eigenvalue weighted by molar-refractivity contribution is -0.139. The fourth-order valence-corrected chi connectivity index (χ4v) is 6.31. The smallest absolute Gasteiger partial charge is 0.379 e. The molecule has 2 aliphatic rings. The van der Waals surface area contributed by atoms with E-state index in [1.54, 1.807) is 35.1 Å². The first-order valence-electron chi connectivity index (χ1n) is 15.1. The van der Waals surface area contributed by atoms with Gasteiger partial charge in [-0.15, -0.1) is 0 Å². The first-order valence-corrected chi connectivity index (χ1v) is 15.1. The molecule has 1 saturated carbocycles. The molecule has 45 heavy (non-hydrogen) atoms. The van der Waals surface area contributed by atoms with Crippen molar-refractivity contribution in [1.29, 1.82) is 0 Å². The molecule has 0 unspecified atom stereocenters. The van der Waals surface area contributed by atoms with Crippen molar-refractivity contribution < 1.29 is 31.6 Å². The summed E-state index contributed by atoms with van der Waals surface area (Å²) in [5.41, 5.74) is 1.25. The van der Waals surface area contributed by atoms with Crippen LogP contribution in [0.5, 0.6) is 0 Å². The third kappa shape index (κ3) is 6.83. The van der Waals surface area contributed by atoms with Crippen molar-refractivity contribution in [3.63, 3.8) is 0 Å². The molecule has 1 saturated heterocycles. The van der Waals surface area contributed by atoms with Gasteiger partial charge < -0.3 is 29.4 Å². The Balaban J connectivity index is 1.19. The number of aromatic nitrogens is 5. The fourth-order valence-electron chi connectivity index (χ4n) is 6.31. The van der Waals surface area contributed by atoms with Gasteiger partial charge in [0.15, 0.2) is 0 Å². The van der Waals surface area contributed by atoms with Crippen LogP contribution in [0.15, 0.2) is 41.2 Å². The molecule has 4 heterocycles. The Morgan fingerprint density at radius 3 is 2.84 bits per heavy atom. The van der Waals surface area contributed by atoms with Crippen LogP contribution in [-0.2, 0) is 17.8 Å². The number of amides is 1. The first-order chi connectivity index (χ1) is 21.6. The molecule has 2 N–H and O–H groups in total. The normalized spacial score (nSPS) is 22.7. The molecule has 4 atom stereocenters. The minimum Gasteiger partial charge on any atom is -0.379 e. The van der Waals surface area contributed by atoms with E-state index < -0.39 is 30.8 Å². The van der Waals surface area contributed by atoms with E-state index in [0.29, 0.717) is 41.7 Å². The number of fused-ring (bicyclic) bond motifs is 1. The zero-order chi connectivity index (χ0) is 31.7. The second-order valence-electron chi connectivity index (χ2n) is 11.7. The summed E-state index contributed by atoms with van der Waals surface area (Å²) in [5.74, 6) is -0.454. The summed E-state index contributed by atoms with van der Waals surface area (Å²) in [6.07, 6.45) is 0.972. The average Bonchev–Trinajstić information content (AvgIpc) is 3.80. The number of piperidine rings is 1. The number of anilines is 1. The van der Waals surface area contributed by atoms with Crippen molar-refractivity contribution >= 4 is 22.5 Å². The standard InChI is InChI=1S/C30H36F4N8O3/c1-3-44-26-9-5-8-24(26)42-15-18(13-36-42)29(43)35-14-27-38-28(39-45-27)25-12-19-21(37-22-10-11-40(2)16-20(22)31)6-4-7-23(19)41(25)17-30(32,33)34/h4,6-7,12-13,15,20,22,24,26,37H,3,5,8-11,14,16-17H2,1-2H3,(H,35,43)/t20-,22+,24+,26+/m0/s1. The monoisotopic (exact) mass is 632 g/mol. The summed E-state index contributed by atoms with van der Waals surface area (Å²) in [4.78, 5) is 19.0. The van der Waals surface area contributed by atoms with E-state index in [1.165, 1.54) is 6.20 Å². The van der Waals surface area contributed by atoms with Crippen molar-refractivity contribution in [2.24, 2.45) is 0 Å². The maximum absolute atomic E-state index is 14.8. The highest BCUT2D eigenvalue weighted by Gasteiger charge is 2.33. The first kappa shape index (κ1) is 31.0. The molecule has 15 heteroatoms. The van der Waals surface area contributed by atoms with Crippen molar-refractivity contribution in [3.05, 3.63) is 48.1 Å². The largest absolute Gasteiger partial charge is 0.406 e. The number of likely N-dealkylation sites (tertiary alicyclic amines) is 1. The van der Waals surface area contributed by atoms with E-state index in [9.17, 15) is 22.4 Å². The van der Waals surface area contributed by atoms with Crippen LogP contribution in [0.3, 0.4) is 0 Å². The Hall–Kier alpha value is -3.98. The number of alkyl halides is 4. The zero-order valence-corrected chi connectivity index (χ0v) is 25.1. The maximum atomic E-state index is 14.8. The van der Waals surface area contributed by atoms with Crippen molar-refractivity contribution in [3.8, 4) is 11.5 Å². The molecule has 1 aliphatic carbocycles. The number of ether oxygens (including phenoxy) is 1. The second kappa shape index (κ2) is 12.8. The van der Waals surface area contributed by atoms with E-state index in [2.05, 4.69) is 25.9 Å². The lowest BCUT2D eigenvalue weighted by atomic mass is 10.0. The molecular weight excluding hydrogens is 596 g/mol. The van der Waals surface area contributed by atoms with Gasteiger partial charge in [0, 0.05) is 37.0 Å². The zero-order valence-electron chi connectivity index (χ0n) is 25.1. The van der Waals surface area contributed by atoms with Crippen molar-refractivity contribution in [2.45, 2.75) is 76.2 Å².